The summed E-state index contributed by atoms with van der Waals surface area (Å²) < 4.78 is 0. The van der Waals surface area contributed by atoms with E-state index in [2.05, 4.69) is 4.98 Å². The van der Waals surface area contributed by atoms with Crippen LogP contribution in [0.15, 0.2) is 42.6 Å². The van der Waals surface area contributed by atoms with Gasteiger partial charge >= 0.3 is 7.12 Å². The molecule has 2 rings (SSSR count). The number of halogens is 1. The molecule has 80 valence electrons. The Balaban J connectivity index is 2.55. The molecule has 0 fully saturated rings. The molecule has 1 aromatic heterocycles. The van der Waals surface area contributed by atoms with Crippen LogP contribution in [0.1, 0.15) is 0 Å². The zero-order valence-electron chi connectivity index (χ0n) is 8.34. The average molecular weight is 233 g/mol. The number of pyridine rings is 1. The van der Waals surface area contributed by atoms with Crippen LogP contribution in [-0.2, 0) is 0 Å². The monoisotopic (exact) mass is 233 g/mol. The third-order valence-electron chi connectivity index (χ3n) is 2.22. The molecular formula is C11H9BClNO2. The molecule has 0 unspecified atom stereocenters. The fourth-order valence-corrected chi connectivity index (χ4v) is 1.69. The molecule has 5 heteroatoms. The van der Waals surface area contributed by atoms with Gasteiger partial charge < -0.3 is 10.0 Å². The minimum Gasteiger partial charge on any atom is -0.423 e. The molecule has 2 aromatic rings. The molecule has 0 aliphatic heterocycles. The van der Waals surface area contributed by atoms with Crippen LogP contribution in [0.2, 0.25) is 5.02 Å². The topological polar surface area (TPSA) is 53.4 Å². The Morgan fingerprint density at radius 1 is 1.12 bits per heavy atom. The van der Waals surface area contributed by atoms with Gasteiger partial charge in [-0.25, -0.2) is 0 Å². The Morgan fingerprint density at radius 3 is 2.62 bits per heavy atom. The van der Waals surface area contributed by atoms with Crippen LogP contribution in [0, 0.1) is 0 Å². The molecule has 0 aliphatic carbocycles. The van der Waals surface area contributed by atoms with E-state index in [1.807, 2.05) is 6.07 Å². The standard InChI is InChI=1S/C11H9BClNO2/c13-9-4-1-3-8(7-9)11-10(12(15)16)5-2-6-14-11/h1-7,15-16H. The molecule has 0 saturated heterocycles. The summed E-state index contributed by atoms with van der Waals surface area (Å²) in [5, 5.41) is 19.0. The molecule has 1 heterocycles. The van der Waals surface area contributed by atoms with Crippen molar-refractivity contribution in [2.45, 2.75) is 0 Å². The fraction of sp³-hybridized carbons (Fsp3) is 0. The van der Waals surface area contributed by atoms with E-state index < -0.39 is 7.12 Å². The van der Waals surface area contributed by atoms with E-state index in [1.54, 1.807) is 36.5 Å². The highest BCUT2D eigenvalue weighted by molar-refractivity contribution is 6.60. The van der Waals surface area contributed by atoms with Crippen molar-refractivity contribution in [3.05, 3.63) is 47.6 Å². The second-order valence-corrected chi connectivity index (χ2v) is 3.76. The first-order valence-electron chi connectivity index (χ1n) is 4.75. The SMILES string of the molecule is OB(O)c1cccnc1-c1cccc(Cl)c1. The molecule has 0 bridgehead atoms. The Hall–Kier alpha value is -1.36. The van der Waals surface area contributed by atoms with E-state index in [-0.39, 0.29) is 0 Å². The second kappa shape index (κ2) is 4.66. The third kappa shape index (κ3) is 2.24. The maximum absolute atomic E-state index is 9.22. The molecule has 0 radical (unpaired) electrons. The molecule has 1 aromatic carbocycles. The third-order valence-corrected chi connectivity index (χ3v) is 2.45. The molecule has 0 atom stereocenters. The summed E-state index contributed by atoms with van der Waals surface area (Å²) in [6, 6.07) is 10.4. The molecule has 2 N–H and O–H groups in total. The van der Waals surface area contributed by atoms with E-state index in [1.165, 1.54) is 0 Å². The Kier molecular flexibility index (Phi) is 3.24. The largest absolute Gasteiger partial charge is 0.490 e. The van der Waals surface area contributed by atoms with Crippen molar-refractivity contribution in [3.8, 4) is 11.3 Å². The number of aromatic nitrogens is 1. The van der Waals surface area contributed by atoms with Crippen LogP contribution in [0.5, 0.6) is 0 Å². The first-order valence-corrected chi connectivity index (χ1v) is 5.13. The summed E-state index contributed by atoms with van der Waals surface area (Å²) in [5.41, 5.74) is 1.65. The Bertz CT molecular complexity index is 505. The van der Waals surface area contributed by atoms with E-state index in [0.717, 1.165) is 5.56 Å². The molecule has 0 aliphatic rings. The molecule has 0 spiro atoms. The number of benzene rings is 1. The van der Waals surface area contributed by atoms with Crippen molar-refractivity contribution in [1.82, 2.24) is 4.98 Å². The van der Waals surface area contributed by atoms with E-state index in [0.29, 0.717) is 16.2 Å². The molecule has 3 nitrogen and oxygen atoms in total. The van der Waals surface area contributed by atoms with Gasteiger partial charge in [0.05, 0.1) is 5.69 Å². The number of hydrogen-bond acceptors (Lipinski definition) is 3. The van der Waals surface area contributed by atoms with Crippen LogP contribution in [0.3, 0.4) is 0 Å². The van der Waals surface area contributed by atoms with Crippen LogP contribution in [0.4, 0.5) is 0 Å². The van der Waals surface area contributed by atoms with E-state index in [4.69, 9.17) is 11.6 Å². The first kappa shape index (κ1) is 11.1. The van der Waals surface area contributed by atoms with E-state index >= 15 is 0 Å². The highest BCUT2D eigenvalue weighted by Crippen LogP contribution is 2.19. The van der Waals surface area contributed by atoms with Gasteiger partial charge in [0, 0.05) is 22.2 Å². The van der Waals surface area contributed by atoms with E-state index in [9.17, 15) is 10.0 Å². The minimum absolute atomic E-state index is 0.366. The van der Waals surface area contributed by atoms with Gasteiger partial charge in [-0.2, -0.15) is 0 Å². The van der Waals surface area contributed by atoms with Gasteiger partial charge in [-0.1, -0.05) is 29.8 Å². The zero-order valence-corrected chi connectivity index (χ0v) is 9.09. The quantitative estimate of drug-likeness (QED) is 0.763. The molecule has 0 amide bonds. The lowest BCUT2D eigenvalue weighted by atomic mass is 9.77. The second-order valence-electron chi connectivity index (χ2n) is 3.33. The highest BCUT2D eigenvalue weighted by Gasteiger charge is 2.17. The lowest BCUT2D eigenvalue weighted by molar-refractivity contribution is 0.426. The predicted molar refractivity (Wildman–Crippen MR) is 64.5 cm³/mol. The van der Waals surface area contributed by atoms with Crippen molar-refractivity contribution in [3.63, 3.8) is 0 Å². The van der Waals surface area contributed by atoms with Crippen LogP contribution < -0.4 is 5.46 Å². The zero-order chi connectivity index (χ0) is 11.5. The Morgan fingerprint density at radius 2 is 1.94 bits per heavy atom. The fourth-order valence-electron chi connectivity index (χ4n) is 1.50. The van der Waals surface area contributed by atoms with Crippen LogP contribution in [-0.4, -0.2) is 22.2 Å². The average Bonchev–Trinajstić information content (AvgIpc) is 2.29. The minimum atomic E-state index is -1.54. The number of rotatable bonds is 2. The van der Waals surface area contributed by atoms with Crippen LogP contribution >= 0.6 is 11.6 Å². The summed E-state index contributed by atoms with van der Waals surface area (Å²) in [4.78, 5) is 4.13. The van der Waals surface area contributed by atoms with Gasteiger partial charge in [0.25, 0.3) is 0 Å². The maximum atomic E-state index is 9.22. The van der Waals surface area contributed by atoms with Crippen molar-refractivity contribution in [2.24, 2.45) is 0 Å². The molecule has 16 heavy (non-hydrogen) atoms. The van der Waals surface area contributed by atoms with Gasteiger partial charge in [0.1, 0.15) is 0 Å². The molecule has 0 saturated carbocycles. The Labute approximate surface area is 98.5 Å². The van der Waals surface area contributed by atoms with Crippen molar-refractivity contribution in [1.29, 1.82) is 0 Å². The van der Waals surface area contributed by atoms with Crippen molar-refractivity contribution in [2.75, 3.05) is 0 Å². The van der Waals surface area contributed by atoms with Gasteiger partial charge in [0.15, 0.2) is 0 Å². The van der Waals surface area contributed by atoms with Gasteiger partial charge in [-0.05, 0) is 18.2 Å². The molecular weight excluding hydrogens is 224 g/mol. The van der Waals surface area contributed by atoms with Gasteiger partial charge in [-0.15, -0.1) is 0 Å². The predicted octanol–water partition coefficient (Wildman–Crippen LogP) is 1.08. The van der Waals surface area contributed by atoms with Crippen molar-refractivity contribution >= 4 is 24.2 Å². The van der Waals surface area contributed by atoms with Gasteiger partial charge in [-0.3, -0.25) is 4.98 Å². The smallest absolute Gasteiger partial charge is 0.423 e. The van der Waals surface area contributed by atoms with Gasteiger partial charge in [0.2, 0.25) is 0 Å². The summed E-state index contributed by atoms with van der Waals surface area (Å²) in [7, 11) is -1.54. The summed E-state index contributed by atoms with van der Waals surface area (Å²) in [6.45, 7) is 0. The summed E-state index contributed by atoms with van der Waals surface area (Å²) in [6.07, 6.45) is 1.60. The normalized spacial score (nSPS) is 10.2. The lowest BCUT2D eigenvalue weighted by Crippen LogP contribution is -2.32. The number of nitrogens with zero attached hydrogens (tertiary/aromatic N) is 1. The van der Waals surface area contributed by atoms with Crippen molar-refractivity contribution < 1.29 is 10.0 Å². The summed E-state index contributed by atoms with van der Waals surface area (Å²) >= 11 is 5.87. The summed E-state index contributed by atoms with van der Waals surface area (Å²) in [5.74, 6) is 0. The first-order chi connectivity index (χ1) is 7.68. The highest BCUT2D eigenvalue weighted by atomic mass is 35.5. The maximum Gasteiger partial charge on any atom is 0.490 e. The lowest BCUT2D eigenvalue weighted by Gasteiger charge is -2.07. The number of hydrogen-bond donors (Lipinski definition) is 2. The van der Waals surface area contributed by atoms with Crippen LogP contribution in [0.25, 0.3) is 11.3 Å².